The molecule has 0 N–H and O–H groups in total. The van der Waals surface area contributed by atoms with Gasteiger partial charge in [0.05, 0.1) is 11.9 Å². The summed E-state index contributed by atoms with van der Waals surface area (Å²) in [4.78, 5) is 18.6. The van der Waals surface area contributed by atoms with E-state index in [0.29, 0.717) is 12.8 Å². The van der Waals surface area contributed by atoms with Crippen LogP contribution < -0.4 is 4.74 Å². The van der Waals surface area contributed by atoms with Crippen LogP contribution in [0.5, 0.6) is 5.75 Å². The third-order valence-electron chi connectivity index (χ3n) is 4.75. The molecule has 3 rings (SSSR count). The highest BCUT2D eigenvalue weighted by molar-refractivity contribution is 5.76. The summed E-state index contributed by atoms with van der Waals surface area (Å²) in [7, 11) is 0. The van der Waals surface area contributed by atoms with Gasteiger partial charge in [-0.2, -0.15) is 0 Å². The van der Waals surface area contributed by atoms with Crippen molar-refractivity contribution >= 4 is 5.91 Å². The van der Waals surface area contributed by atoms with E-state index >= 15 is 0 Å². The lowest BCUT2D eigenvalue weighted by atomic mass is 10.0. The molecule has 1 aliphatic rings. The molecule has 6 nitrogen and oxygen atoms in total. The van der Waals surface area contributed by atoms with E-state index < -0.39 is 0 Å². The second kappa shape index (κ2) is 7.68. The monoisotopic (exact) mass is 343 g/mol. The summed E-state index contributed by atoms with van der Waals surface area (Å²) in [6, 6.07) is 3.90. The van der Waals surface area contributed by atoms with Crippen LogP contribution in [-0.2, 0) is 11.2 Å². The molecule has 3 heterocycles. The Hall–Kier alpha value is -2.37. The summed E-state index contributed by atoms with van der Waals surface area (Å²) in [5.41, 5.74) is 2.91. The first-order chi connectivity index (χ1) is 12.0. The van der Waals surface area contributed by atoms with Crippen molar-refractivity contribution in [2.45, 2.75) is 52.6 Å². The van der Waals surface area contributed by atoms with Crippen molar-refractivity contribution in [3.63, 3.8) is 0 Å². The Bertz CT molecular complexity index is 697. The van der Waals surface area contributed by atoms with Crippen molar-refractivity contribution in [3.05, 3.63) is 41.0 Å². The maximum atomic E-state index is 12.4. The first-order valence-electron chi connectivity index (χ1n) is 8.82. The summed E-state index contributed by atoms with van der Waals surface area (Å²) in [6.45, 7) is 7.24. The summed E-state index contributed by atoms with van der Waals surface area (Å²) in [5.74, 6) is 1.80. The molecule has 0 spiro atoms. The molecule has 0 unspecified atom stereocenters. The minimum Gasteiger partial charge on any atom is -0.489 e. The van der Waals surface area contributed by atoms with Crippen molar-refractivity contribution in [2.75, 3.05) is 13.1 Å². The summed E-state index contributed by atoms with van der Waals surface area (Å²) < 4.78 is 11.1. The predicted octanol–water partition coefficient (Wildman–Crippen LogP) is 3.00. The quantitative estimate of drug-likeness (QED) is 0.835. The maximum Gasteiger partial charge on any atom is 0.222 e. The van der Waals surface area contributed by atoms with Gasteiger partial charge in [0.15, 0.2) is 0 Å². The SMILES string of the molecule is Cc1ccc(OC2CCN(C(=O)CCc3c(C)noc3C)CC2)cn1. The molecule has 6 heteroatoms. The number of piperidine rings is 1. The van der Waals surface area contributed by atoms with E-state index in [9.17, 15) is 4.79 Å². The van der Waals surface area contributed by atoms with E-state index in [-0.39, 0.29) is 12.0 Å². The van der Waals surface area contributed by atoms with Crippen molar-refractivity contribution in [2.24, 2.45) is 0 Å². The minimum absolute atomic E-state index is 0.149. The van der Waals surface area contributed by atoms with Crippen LogP contribution >= 0.6 is 0 Å². The third-order valence-corrected chi connectivity index (χ3v) is 4.75. The van der Waals surface area contributed by atoms with E-state index in [1.54, 1.807) is 6.20 Å². The molecular weight excluding hydrogens is 318 g/mol. The highest BCUT2D eigenvalue weighted by Gasteiger charge is 2.24. The molecule has 0 radical (unpaired) electrons. The van der Waals surface area contributed by atoms with Crippen LogP contribution in [0.25, 0.3) is 0 Å². The normalized spacial score (nSPS) is 15.4. The molecule has 2 aromatic rings. The van der Waals surface area contributed by atoms with Gasteiger partial charge in [-0.15, -0.1) is 0 Å². The zero-order chi connectivity index (χ0) is 17.8. The van der Waals surface area contributed by atoms with E-state index in [1.807, 2.05) is 37.8 Å². The Balaban J connectivity index is 1.45. The number of aryl methyl sites for hydroxylation is 3. The van der Waals surface area contributed by atoms with Gasteiger partial charge in [0.25, 0.3) is 0 Å². The van der Waals surface area contributed by atoms with Crippen LogP contribution in [0, 0.1) is 20.8 Å². The number of hydrogen-bond donors (Lipinski definition) is 0. The molecular formula is C19H25N3O3. The highest BCUT2D eigenvalue weighted by atomic mass is 16.5. The number of aromatic nitrogens is 2. The number of nitrogens with zero attached hydrogens (tertiary/aromatic N) is 3. The van der Waals surface area contributed by atoms with Crippen LogP contribution in [0.1, 0.15) is 42.0 Å². The average molecular weight is 343 g/mol. The third kappa shape index (κ3) is 4.38. The first-order valence-corrected chi connectivity index (χ1v) is 8.82. The molecule has 2 aromatic heterocycles. The second-order valence-electron chi connectivity index (χ2n) is 6.64. The van der Waals surface area contributed by atoms with Crippen molar-refractivity contribution in [1.29, 1.82) is 0 Å². The van der Waals surface area contributed by atoms with E-state index in [4.69, 9.17) is 9.26 Å². The van der Waals surface area contributed by atoms with Crippen LogP contribution in [0.3, 0.4) is 0 Å². The lowest BCUT2D eigenvalue weighted by Gasteiger charge is -2.32. The van der Waals surface area contributed by atoms with Crippen LogP contribution in [-0.4, -0.2) is 40.1 Å². The molecule has 0 saturated carbocycles. The number of amides is 1. The molecule has 0 aromatic carbocycles. The molecule has 134 valence electrons. The fourth-order valence-corrected chi connectivity index (χ4v) is 3.19. The lowest BCUT2D eigenvalue weighted by Crippen LogP contribution is -2.41. The zero-order valence-corrected chi connectivity index (χ0v) is 15.1. The molecule has 1 aliphatic heterocycles. The van der Waals surface area contributed by atoms with Gasteiger partial charge >= 0.3 is 0 Å². The fourth-order valence-electron chi connectivity index (χ4n) is 3.19. The van der Waals surface area contributed by atoms with Crippen molar-refractivity contribution < 1.29 is 14.1 Å². The van der Waals surface area contributed by atoms with Gasteiger partial charge in [-0.05, 0) is 39.3 Å². The summed E-state index contributed by atoms with van der Waals surface area (Å²) >= 11 is 0. The molecule has 0 aliphatic carbocycles. The summed E-state index contributed by atoms with van der Waals surface area (Å²) in [5, 5.41) is 3.94. The molecule has 25 heavy (non-hydrogen) atoms. The Morgan fingerprint density at radius 3 is 2.64 bits per heavy atom. The predicted molar refractivity (Wildman–Crippen MR) is 93.5 cm³/mol. The van der Waals surface area contributed by atoms with Gasteiger partial charge in [0.1, 0.15) is 17.6 Å². The Morgan fingerprint density at radius 2 is 2.04 bits per heavy atom. The number of hydrogen-bond acceptors (Lipinski definition) is 5. The first kappa shape index (κ1) is 17.5. The zero-order valence-electron chi connectivity index (χ0n) is 15.1. The molecule has 0 atom stereocenters. The van der Waals surface area contributed by atoms with Gasteiger partial charge in [-0.25, -0.2) is 0 Å². The molecule has 1 saturated heterocycles. The van der Waals surface area contributed by atoms with Gasteiger partial charge < -0.3 is 14.2 Å². The van der Waals surface area contributed by atoms with Crippen molar-refractivity contribution in [3.8, 4) is 5.75 Å². The smallest absolute Gasteiger partial charge is 0.222 e. The van der Waals surface area contributed by atoms with Gasteiger partial charge in [0, 0.05) is 43.6 Å². The largest absolute Gasteiger partial charge is 0.489 e. The number of carbonyl (C=O) groups excluding carboxylic acids is 1. The number of carbonyl (C=O) groups is 1. The minimum atomic E-state index is 0.149. The Morgan fingerprint density at radius 1 is 1.28 bits per heavy atom. The number of rotatable bonds is 5. The molecule has 0 bridgehead atoms. The van der Waals surface area contributed by atoms with Gasteiger partial charge in [0.2, 0.25) is 5.91 Å². The lowest BCUT2D eigenvalue weighted by molar-refractivity contribution is -0.132. The van der Waals surface area contributed by atoms with Crippen molar-refractivity contribution in [1.82, 2.24) is 15.0 Å². The summed E-state index contributed by atoms with van der Waals surface area (Å²) in [6.07, 6.45) is 4.80. The Labute approximate surface area is 148 Å². The fraction of sp³-hybridized carbons (Fsp3) is 0.526. The standard InChI is InChI=1S/C19H25N3O3/c1-13-4-5-17(12-20-13)24-16-8-10-22(11-9-16)19(23)7-6-18-14(2)21-25-15(18)3/h4-5,12,16H,6-11H2,1-3H3. The van der Waals surface area contributed by atoms with Crippen LogP contribution in [0.2, 0.25) is 0 Å². The van der Waals surface area contributed by atoms with E-state index in [0.717, 1.165) is 54.4 Å². The number of pyridine rings is 1. The van der Waals surface area contributed by atoms with Crippen LogP contribution in [0.4, 0.5) is 0 Å². The number of likely N-dealkylation sites (tertiary alicyclic amines) is 1. The molecule has 1 amide bonds. The highest BCUT2D eigenvalue weighted by Crippen LogP contribution is 2.20. The topological polar surface area (TPSA) is 68.5 Å². The second-order valence-corrected chi connectivity index (χ2v) is 6.64. The maximum absolute atomic E-state index is 12.4. The molecule has 1 fully saturated rings. The van der Waals surface area contributed by atoms with Gasteiger partial charge in [-0.1, -0.05) is 5.16 Å². The van der Waals surface area contributed by atoms with Crippen LogP contribution in [0.15, 0.2) is 22.9 Å². The average Bonchev–Trinajstić information content (AvgIpc) is 2.93. The van der Waals surface area contributed by atoms with E-state index in [2.05, 4.69) is 10.1 Å². The Kier molecular flexibility index (Phi) is 5.36. The number of ether oxygens (including phenoxy) is 1. The van der Waals surface area contributed by atoms with Gasteiger partial charge in [-0.3, -0.25) is 9.78 Å². The van der Waals surface area contributed by atoms with E-state index in [1.165, 1.54) is 0 Å².